The van der Waals surface area contributed by atoms with Crippen LogP contribution in [0, 0.1) is 5.92 Å². The van der Waals surface area contributed by atoms with Gasteiger partial charge in [0.05, 0.1) is 14.2 Å². The van der Waals surface area contributed by atoms with Crippen LogP contribution in [-0.4, -0.2) is 43.9 Å². The molecule has 0 bridgehead atoms. The minimum Gasteiger partial charge on any atom is -0.496 e. The third-order valence-electron chi connectivity index (χ3n) is 6.72. The Balaban J connectivity index is 1.32. The van der Waals surface area contributed by atoms with Crippen molar-refractivity contribution >= 4 is 17.4 Å². The Morgan fingerprint density at radius 2 is 1.54 bits per heavy atom. The number of benzene rings is 2. The van der Waals surface area contributed by atoms with Crippen molar-refractivity contribution in [2.24, 2.45) is 5.92 Å². The van der Waals surface area contributed by atoms with E-state index in [1.807, 2.05) is 54.6 Å². The van der Waals surface area contributed by atoms with Crippen LogP contribution in [0.3, 0.4) is 0 Å². The predicted octanol–water partition coefficient (Wildman–Crippen LogP) is 4.94. The maximum atomic E-state index is 12.9. The molecule has 6 heteroatoms. The number of hydrogen-bond donors (Lipinski definition) is 0. The van der Waals surface area contributed by atoms with E-state index in [1.54, 1.807) is 26.5 Å². The number of hydrogen-bond acceptors (Lipinski definition) is 6. The molecule has 0 aliphatic carbocycles. The van der Waals surface area contributed by atoms with Gasteiger partial charge >= 0.3 is 0 Å². The van der Waals surface area contributed by atoms with E-state index in [9.17, 15) is 9.59 Å². The van der Waals surface area contributed by atoms with Crippen LogP contribution in [0.4, 0.5) is 5.82 Å². The fourth-order valence-corrected chi connectivity index (χ4v) is 4.69. The number of rotatable bonds is 10. The number of piperidine rings is 1. The highest BCUT2D eigenvalue weighted by Crippen LogP contribution is 2.26. The molecule has 182 valence electrons. The summed E-state index contributed by atoms with van der Waals surface area (Å²) in [6, 6.07) is 19.1. The molecular weight excluding hydrogens is 440 g/mol. The molecule has 0 saturated carbocycles. The molecule has 4 rings (SSSR count). The van der Waals surface area contributed by atoms with Crippen LogP contribution in [0.2, 0.25) is 0 Å². The number of pyridine rings is 1. The lowest BCUT2D eigenvalue weighted by molar-refractivity contribution is -0.123. The average Bonchev–Trinajstić information content (AvgIpc) is 2.92. The third-order valence-corrected chi connectivity index (χ3v) is 6.72. The Hall–Kier alpha value is -3.67. The highest BCUT2D eigenvalue weighted by atomic mass is 16.5. The highest BCUT2D eigenvalue weighted by molar-refractivity contribution is 5.98. The fourth-order valence-electron chi connectivity index (χ4n) is 4.69. The molecule has 2 heterocycles. The summed E-state index contributed by atoms with van der Waals surface area (Å²) in [4.78, 5) is 32.5. The number of ether oxygens (including phenoxy) is 2. The number of nitrogens with zero attached hydrogens (tertiary/aromatic N) is 2. The zero-order chi connectivity index (χ0) is 24.6. The van der Waals surface area contributed by atoms with E-state index < -0.39 is 0 Å². The number of carbonyl (C=O) groups excluding carboxylic acids is 2. The van der Waals surface area contributed by atoms with Crippen molar-refractivity contribution in [2.75, 3.05) is 32.2 Å². The molecule has 35 heavy (non-hydrogen) atoms. The summed E-state index contributed by atoms with van der Waals surface area (Å²) in [5.74, 6) is 2.74. The zero-order valence-electron chi connectivity index (χ0n) is 20.4. The van der Waals surface area contributed by atoms with Gasteiger partial charge in [0, 0.05) is 49.2 Å². The van der Waals surface area contributed by atoms with Crippen molar-refractivity contribution in [1.82, 2.24) is 4.98 Å². The number of carbonyl (C=O) groups is 2. The molecule has 0 atom stereocenters. The van der Waals surface area contributed by atoms with Gasteiger partial charge in [-0.1, -0.05) is 36.4 Å². The van der Waals surface area contributed by atoms with Gasteiger partial charge in [-0.15, -0.1) is 0 Å². The molecule has 1 saturated heterocycles. The number of para-hydroxylation sites is 2. The largest absolute Gasteiger partial charge is 0.496 e. The molecule has 1 aliphatic rings. The summed E-state index contributed by atoms with van der Waals surface area (Å²) in [5, 5.41) is 0. The third kappa shape index (κ3) is 6.07. The minimum atomic E-state index is 0.0274. The lowest BCUT2D eigenvalue weighted by Crippen LogP contribution is -2.37. The smallest absolute Gasteiger partial charge is 0.167 e. The van der Waals surface area contributed by atoms with E-state index in [0.29, 0.717) is 29.9 Å². The van der Waals surface area contributed by atoms with E-state index in [0.717, 1.165) is 48.6 Å². The first kappa shape index (κ1) is 24.5. The molecule has 0 amide bonds. The van der Waals surface area contributed by atoms with E-state index in [4.69, 9.17) is 9.47 Å². The first-order chi connectivity index (χ1) is 17.1. The molecule has 0 unspecified atom stereocenters. The summed E-state index contributed by atoms with van der Waals surface area (Å²) < 4.78 is 10.8. The summed E-state index contributed by atoms with van der Waals surface area (Å²) in [6.45, 7) is 1.50. The van der Waals surface area contributed by atoms with Crippen LogP contribution in [0.25, 0.3) is 0 Å². The molecule has 0 radical (unpaired) electrons. The van der Waals surface area contributed by atoms with Gasteiger partial charge < -0.3 is 14.4 Å². The van der Waals surface area contributed by atoms with Crippen molar-refractivity contribution in [3.8, 4) is 11.5 Å². The zero-order valence-corrected chi connectivity index (χ0v) is 20.4. The second-order valence-electron chi connectivity index (χ2n) is 8.85. The van der Waals surface area contributed by atoms with Crippen molar-refractivity contribution in [3.05, 3.63) is 83.6 Å². The predicted molar refractivity (Wildman–Crippen MR) is 137 cm³/mol. The summed E-state index contributed by atoms with van der Waals surface area (Å²) in [7, 11) is 3.27. The van der Waals surface area contributed by atoms with Crippen LogP contribution in [0.5, 0.6) is 11.5 Å². The summed E-state index contributed by atoms with van der Waals surface area (Å²) in [5.41, 5.74) is 2.57. The number of Topliss-reactive ketones (excluding diaryl/α,β-unsaturated/α-hetero) is 2. The van der Waals surface area contributed by atoms with Gasteiger partial charge in [0.2, 0.25) is 0 Å². The SMILES string of the molecule is COc1ccccc1CCC(=O)C1CCN(c2cc(C(=O)Cc3ccccc3OC)ccn2)CC1. The standard InChI is InChI=1S/C29H32N2O4/c1-34-27-9-5-3-7-22(27)11-12-25(32)21-14-17-31(18-15-21)29-20-23(13-16-30-29)26(33)19-24-8-4-6-10-28(24)35-2/h3-10,13,16,20-21H,11-12,14-15,17-19H2,1-2H3. The highest BCUT2D eigenvalue weighted by Gasteiger charge is 2.26. The van der Waals surface area contributed by atoms with Crippen molar-refractivity contribution in [2.45, 2.75) is 32.1 Å². The maximum absolute atomic E-state index is 12.9. The first-order valence-electron chi connectivity index (χ1n) is 12.1. The molecule has 1 aliphatic heterocycles. The van der Waals surface area contributed by atoms with Gasteiger partial charge in [-0.05, 0) is 49.1 Å². The van der Waals surface area contributed by atoms with Crippen LogP contribution < -0.4 is 14.4 Å². The molecule has 0 spiro atoms. The molecule has 1 aromatic heterocycles. The number of methoxy groups -OCH3 is 2. The summed E-state index contributed by atoms with van der Waals surface area (Å²) >= 11 is 0. The van der Waals surface area contributed by atoms with E-state index in [-0.39, 0.29) is 18.1 Å². The Bertz CT molecular complexity index is 1170. The Morgan fingerprint density at radius 1 is 0.914 bits per heavy atom. The van der Waals surface area contributed by atoms with Gasteiger partial charge in [-0.25, -0.2) is 4.98 Å². The van der Waals surface area contributed by atoms with E-state index >= 15 is 0 Å². The van der Waals surface area contributed by atoms with Crippen LogP contribution in [-0.2, 0) is 17.6 Å². The topological polar surface area (TPSA) is 68.7 Å². The number of aromatic nitrogens is 1. The lowest BCUT2D eigenvalue weighted by Gasteiger charge is -2.32. The Morgan fingerprint density at radius 3 is 2.23 bits per heavy atom. The van der Waals surface area contributed by atoms with Crippen molar-refractivity contribution < 1.29 is 19.1 Å². The minimum absolute atomic E-state index is 0.0274. The van der Waals surface area contributed by atoms with E-state index in [1.165, 1.54) is 0 Å². The van der Waals surface area contributed by atoms with Gasteiger partial charge in [-0.2, -0.15) is 0 Å². The van der Waals surface area contributed by atoms with Crippen LogP contribution >= 0.6 is 0 Å². The molecule has 3 aromatic rings. The molecule has 1 fully saturated rings. The normalized spacial score (nSPS) is 13.9. The van der Waals surface area contributed by atoms with E-state index in [2.05, 4.69) is 9.88 Å². The van der Waals surface area contributed by atoms with Crippen molar-refractivity contribution in [3.63, 3.8) is 0 Å². The van der Waals surface area contributed by atoms with Gasteiger partial charge in [0.1, 0.15) is 23.1 Å². The second-order valence-corrected chi connectivity index (χ2v) is 8.85. The Labute approximate surface area is 206 Å². The quantitative estimate of drug-likeness (QED) is 0.389. The second kappa shape index (κ2) is 11.6. The van der Waals surface area contributed by atoms with Crippen LogP contribution in [0.1, 0.15) is 40.7 Å². The maximum Gasteiger partial charge on any atom is 0.167 e. The lowest BCUT2D eigenvalue weighted by atomic mass is 9.89. The number of ketones is 2. The van der Waals surface area contributed by atoms with Gasteiger partial charge in [0.25, 0.3) is 0 Å². The Kier molecular flexibility index (Phi) is 8.14. The average molecular weight is 473 g/mol. The fraction of sp³-hybridized carbons (Fsp3) is 0.345. The molecule has 0 N–H and O–H groups in total. The van der Waals surface area contributed by atoms with Gasteiger partial charge in [-0.3, -0.25) is 9.59 Å². The molecule has 2 aromatic carbocycles. The number of anilines is 1. The number of aryl methyl sites for hydroxylation is 1. The monoisotopic (exact) mass is 472 g/mol. The molecule has 6 nitrogen and oxygen atoms in total. The molecular formula is C29H32N2O4. The van der Waals surface area contributed by atoms with Crippen LogP contribution in [0.15, 0.2) is 66.9 Å². The first-order valence-corrected chi connectivity index (χ1v) is 12.1. The van der Waals surface area contributed by atoms with Gasteiger partial charge in [0.15, 0.2) is 5.78 Å². The van der Waals surface area contributed by atoms with Crippen molar-refractivity contribution in [1.29, 1.82) is 0 Å². The summed E-state index contributed by atoms with van der Waals surface area (Å²) in [6.07, 6.45) is 4.78.